The van der Waals surface area contributed by atoms with E-state index in [1.807, 2.05) is 0 Å². The number of ketones is 1. The number of aryl methyl sites for hydroxylation is 1. The number of fused-ring (bicyclic) bond motifs is 3. The van der Waals surface area contributed by atoms with Gasteiger partial charge in [-0.3, -0.25) is 4.79 Å². The van der Waals surface area contributed by atoms with Crippen molar-refractivity contribution in [1.82, 2.24) is 0 Å². The van der Waals surface area contributed by atoms with E-state index in [2.05, 4.69) is 0 Å². The Morgan fingerprint density at radius 3 is 2.31 bits per heavy atom. The maximum atomic E-state index is 14.9. The van der Waals surface area contributed by atoms with E-state index in [1.54, 1.807) is 6.92 Å². The van der Waals surface area contributed by atoms with Crippen molar-refractivity contribution in [3.63, 3.8) is 0 Å². The van der Waals surface area contributed by atoms with Crippen LogP contribution in [0.25, 0.3) is 0 Å². The standard InChI is InChI=1S/C30H33F5O5S2/c1-18-15-21(12-14-41(18,37)38)27(36)17-20-11-13-29(42(39,40)24-7-5-23(31)6-8-24)25(20)9-3-19-16-22(4-10-26(19)29)28(2,32)30(33,34)35/h4-8,10,16,18,20-21,25H,3,9,11-15,17H2,1-2H3/t18-,20+,21+,25+,28?,29+/m1/s1. The van der Waals surface area contributed by atoms with Crippen LogP contribution in [0.1, 0.15) is 69.1 Å². The van der Waals surface area contributed by atoms with E-state index in [0.29, 0.717) is 18.9 Å². The molecule has 5 rings (SSSR count). The van der Waals surface area contributed by atoms with Gasteiger partial charge in [0, 0.05) is 12.3 Å². The minimum Gasteiger partial charge on any atom is -0.299 e. The minimum atomic E-state index is -5.18. The van der Waals surface area contributed by atoms with Crippen molar-refractivity contribution >= 4 is 25.5 Å². The number of benzene rings is 2. The van der Waals surface area contributed by atoms with Crippen LogP contribution < -0.4 is 0 Å². The maximum absolute atomic E-state index is 14.9. The Morgan fingerprint density at radius 1 is 1.02 bits per heavy atom. The first-order valence-corrected chi connectivity index (χ1v) is 17.3. The zero-order valence-corrected chi connectivity index (χ0v) is 24.9. The number of hydrogen-bond acceptors (Lipinski definition) is 5. The Balaban J connectivity index is 1.56. The number of carbonyl (C=O) groups is 1. The smallest absolute Gasteiger partial charge is 0.299 e. The van der Waals surface area contributed by atoms with E-state index in [0.717, 1.165) is 36.4 Å². The molecule has 0 radical (unpaired) electrons. The molecular formula is C30H33F5O5S2. The molecule has 0 spiro atoms. The molecule has 1 saturated carbocycles. The third-order valence-corrected chi connectivity index (χ3v) is 14.7. The summed E-state index contributed by atoms with van der Waals surface area (Å²) in [5.74, 6) is -2.21. The molecule has 0 aromatic heterocycles. The lowest BCUT2D eigenvalue weighted by Gasteiger charge is -2.43. The summed E-state index contributed by atoms with van der Waals surface area (Å²) < 4.78 is 121. The Labute approximate surface area is 242 Å². The van der Waals surface area contributed by atoms with Gasteiger partial charge in [0.1, 0.15) is 16.3 Å². The highest BCUT2D eigenvalue weighted by Gasteiger charge is 2.61. The SMILES string of the molecule is C[C@@H]1C[C@@H](C(=O)C[C@@H]2CC[C@@]3(S(=O)(=O)c4ccc(F)cc4)c4ccc(C(C)(F)C(F)(F)F)cc4CC[C@@H]23)CCS1(=O)=O. The Kier molecular flexibility index (Phi) is 7.69. The molecule has 0 N–H and O–H groups in total. The maximum Gasteiger partial charge on any atom is 0.426 e. The van der Waals surface area contributed by atoms with Gasteiger partial charge >= 0.3 is 6.18 Å². The number of rotatable bonds is 6. The second-order valence-electron chi connectivity index (χ2n) is 12.2. The molecule has 2 aliphatic carbocycles. The monoisotopic (exact) mass is 632 g/mol. The predicted octanol–water partition coefficient (Wildman–Crippen LogP) is 6.39. The molecule has 42 heavy (non-hydrogen) atoms. The zero-order valence-electron chi connectivity index (χ0n) is 23.3. The van der Waals surface area contributed by atoms with Gasteiger partial charge in [-0.15, -0.1) is 0 Å². The summed E-state index contributed by atoms with van der Waals surface area (Å²) in [6.07, 6.45) is -3.80. The number of halogens is 5. The average Bonchev–Trinajstić information content (AvgIpc) is 3.29. The molecule has 3 aliphatic rings. The highest BCUT2D eigenvalue weighted by atomic mass is 32.2. The van der Waals surface area contributed by atoms with E-state index in [-0.39, 0.29) is 66.4 Å². The predicted molar refractivity (Wildman–Crippen MR) is 146 cm³/mol. The van der Waals surface area contributed by atoms with Crippen molar-refractivity contribution in [2.45, 2.75) is 85.5 Å². The minimum absolute atomic E-state index is 0.0623. The molecule has 2 aromatic carbocycles. The van der Waals surface area contributed by atoms with E-state index in [1.165, 1.54) is 6.07 Å². The fourth-order valence-electron chi connectivity index (χ4n) is 7.39. The van der Waals surface area contributed by atoms with Gasteiger partial charge in [-0.25, -0.2) is 25.6 Å². The molecule has 2 fully saturated rings. The first-order valence-electron chi connectivity index (χ1n) is 14.1. The van der Waals surface area contributed by atoms with Crippen molar-refractivity contribution in [1.29, 1.82) is 0 Å². The summed E-state index contributed by atoms with van der Waals surface area (Å²) in [4.78, 5) is 13.3. The van der Waals surface area contributed by atoms with Gasteiger partial charge in [-0.1, -0.05) is 18.2 Å². The van der Waals surface area contributed by atoms with Gasteiger partial charge in [-0.2, -0.15) is 13.2 Å². The molecule has 1 heterocycles. The molecule has 0 bridgehead atoms. The lowest BCUT2D eigenvalue weighted by molar-refractivity contribution is -0.228. The largest absolute Gasteiger partial charge is 0.426 e. The van der Waals surface area contributed by atoms with E-state index in [4.69, 9.17) is 0 Å². The first kappa shape index (κ1) is 31.1. The van der Waals surface area contributed by atoms with Crippen molar-refractivity contribution in [3.05, 3.63) is 65.0 Å². The fraction of sp³-hybridized carbons (Fsp3) is 0.567. The summed E-state index contributed by atoms with van der Waals surface area (Å²) in [6.45, 7) is 2.01. The molecule has 1 aliphatic heterocycles. The number of sulfone groups is 2. The Bertz CT molecular complexity index is 1600. The Morgan fingerprint density at radius 2 is 1.69 bits per heavy atom. The molecule has 2 aromatic rings. The normalized spacial score (nSPS) is 30.6. The van der Waals surface area contributed by atoms with Crippen LogP contribution in [0, 0.1) is 23.6 Å². The zero-order chi connectivity index (χ0) is 30.9. The van der Waals surface area contributed by atoms with Crippen LogP contribution in [-0.4, -0.2) is 39.8 Å². The summed E-state index contributed by atoms with van der Waals surface area (Å²) in [7, 11) is -7.51. The third-order valence-electron chi connectivity index (χ3n) is 9.92. The number of Topliss-reactive ketones (excluding diaryl/α,β-unsaturated/α-hetero) is 1. The van der Waals surface area contributed by atoms with Gasteiger partial charge in [0.2, 0.25) is 5.67 Å². The van der Waals surface area contributed by atoms with Crippen LogP contribution in [0.2, 0.25) is 0 Å². The molecule has 5 nitrogen and oxygen atoms in total. The molecule has 1 saturated heterocycles. The summed E-state index contributed by atoms with van der Waals surface area (Å²) in [6, 6.07) is 7.73. The fourth-order valence-corrected chi connectivity index (χ4v) is 11.4. The van der Waals surface area contributed by atoms with Crippen LogP contribution in [0.15, 0.2) is 47.4 Å². The van der Waals surface area contributed by atoms with Crippen molar-refractivity contribution in [3.8, 4) is 0 Å². The summed E-state index contributed by atoms with van der Waals surface area (Å²) >= 11 is 0. The molecular weight excluding hydrogens is 599 g/mol. The van der Waals surface area contributed by atoms with Crippen molar-refractivity contribution < 1.29 is 43.6 Å². The van der Waals surface area contributed by atoms with Crippen LogP contribution in [0.3, 0.4) is 0 Å². The second kappa shape index (κ2) is 10.4. The summed E-state index contributed by atoms with van der Waals surface area (Å²) in [5, 5.41) is -0.643. The van der Waals surface area contributed by atoms with Crippen molar-refractivity contribution in [2.75, 3.05) is 5.75 Å². The number of alkyl halides is 4. The van der Waals surface area contributed by atoms with E-state index < -0.39 is 64.7 Å². The highest BCUT2D eigenvalue weighted by molar-refractivity contribution is 7.92. The molecule has 12 heteroatoms. The van der Waals surface area contributed by atoms with E-state index >= 15 is 0 Å². The van der Waals surface area contributed by atoms with Crippen LogP contribution in [-0.2, 0) is 41.3 Å². The number of hydrogen-bond donors (Lipinski definition) is 0. The topological polar surface area (TPSA) is 85.3 Å². The second-order valence-corrected chi connectivity index (χ2v) is 17.0. The van der Waals surface area contributed by atoms with Crippen molar-refractivity contribution in [2.24, 2.45) is 17.8 Å². The first-order chi connectivity index (χ1) is 19.4. The van der Waals surface area contributed by atoms with Gasteiger partial charge < -0.3 is 0 Å². The average molecular weight is 633 g/mol. The Hall–Kier alpha value is -2.34. The van der Waals surface area contributed by atoms with E-state index in [9.17, 15) is 43.6 Å². The van der Waals surface area contributed by atoms with Gasteiger partial charge in [0.05, 0.1) is 15.9 Å². The van der Waals surface area contributed by atoms with Gasteiger partial charge in [-0.05, 0) is 105 Å². The summed E-state index contributed by atoms with van der Waals surface area (Å²) in [5.41, 5.74) is -3.66. The van der Waals surface area contributed by atoms with Crippen LogP contribution >= 0.6 is 0 Å². The highest BCUT2D eigenvalue weighted by Crippen LogP contribution is 2.60. The quantitative estimate of drug-likeness (QED) is 0.272. The molecule has 0 amide bonds. The van der Waals surface area contributed by atoms with Crippen LogP contribution in [0.5, 0.6) is 0 Å². The lowest BCUT2D eigenvalue weighted by Crippen LogP contribution is -2.45. The third kappa shape index (κ3) is 4.90. The lowest BCUT2D eigenvalue weighted by atomic mass is 9.71. The molecule has 1 unspecified atom stereocenters. The van der Waals surface area contributed by atoms with Gasteiger partial charge in [0.25, 0.3) is 0 Å². The van der Waals surface area contributed by atoms with Gasteiger partial charge in [0.15, 0.2) is 19.7 Å². The van der Waals surface area contributed by atoms with Crippen LogP contribution in [0.4, 0.5) is 22.0 Å². The number of carbonyl (C=O) groups excluding carboxylic acids is 1. The molecule has 230 valence electrons. The molecule has 6 atom stereocenters.